The van der Waals surface area contributed by atoms with Gasteiger partial charge in [-0.25, -0.2) is 0 Å². The maximum Gasteiger partial charge on any atom is 0.245 e. The molecule has 3 heterocycles. The molecule has 3 aliphatic heterocycles. The third-order valence-corrected chi connectivity index (χ3v) is 12.3. The maximum absolute atomic E-state index is 14.3. The van der Waals surface area contributed by atoms with E-state index < -0.39 is 120 Å². The van der Waals surface area contributed by atoms with E-state index in [0.29, 0.717) is 25.7 Å². The monoisotopic (exact) mass is 917 g/mol. The van der Waals surface area contributed by atoms with Gasteiger partial charge in [-0.15, -0.1) is 0 Å². The number of carbonyl (C=O) groups excluding carboxylic acids is 10. The molecule has 20 nitrogen and oxygen atoms in total. The summed E-state index contributed by atoms with van der Waals surface area (Å²) in [6.45, 7) is 15.3. The molecule has 0 spiro atoms. The van der Waals surface area contributed by atoms with E-state index in [1.807, 2.05) is 41.5 Å². The molecule has 0 bridgehead atoms. The van der Waals surface area contributed by atoms with E-state index in [2.05, 4.69) is 21.3 Å². The van der Waals surface area contributed by atoms with Crippen molar-refractivity contribution in [2.24, 2.45) is 17.8 Å². The Morgan fingerprint density at radius 1 is 0.462 bits per heavy atom. The third-order valence-electron chi connectivity index (χ3n) is 12.3. The third kappa shape index (κ3) is 14.3. The van der Waals surface area contributed by atoms with Gasteiger partial charge in [0.1, 0.15) is 48.3 Å². The van der Waals surface area contributed by atoms with Crippen LogP contribution in [0.25, 0.3) is 0 Å². The first-order valence-corrected chi connectivity index (χ1v) is 23.1. The second kappa shape index (κ2) is 23.8. The normalized spacial score (nSPS) is 28.8. The summed E-state index contributed by atoms with van der Waals surface area (Å²) in [5, 5.41) is 10.8. The summed E-state index contributed by atoms with van der Waals surface area (Å²) < 4.78 is 0. The Balaban J connectivity index is 2.01. The number of hydrogen-bond acceptors (Lipinski definition) is 10. The molecule has 0 saturated carbocycles. The number of fused-ring (bicyclic) bond motifs is 2. The Bertz CT molecular complexity index is 1790. The zero-order chi connectivity index (χ0) is 49.2. The molecule has 0 unspecified atom stereocenters. The summed E-state index contributed by atoms with van der Waals surface area (Å²) in [4.78, 5) is 146. The Morgan fingerprint density at radius 2 is 0.815 bits per heavy atom. The van der Waals surface area contributed by atoms with Crippen molar-refractivity contribution < 1.29 is 47.9 Å². The van der Waals surface area contributed by atoms with E-state index in [9.17, 15) is 47.9 Å². The van der Waals surface area contributed by atoms with Gasteiger partial charge in [-0.3, -0.25) is 47.9 Å². The van der Waals surface area contributed by atoms with Gasteiger partial charge in [0.2, 0.25) is 59.1 Å². The van der Waals surface area contributed by atoms with Crippen LogP contribution in [0.3, 0.4) is 0 Å². The number of nitrogens with zero attached hydrogens (tertiary/aromatic N) is 6. The largest absolute Gasteiger partial charge is 0.343 e. The van der Waals surface area contributed by atoms with Crippen LogP contribution in [-0.2, 0) is 47.9 Å². The summed E-state index contributed by atoms with van der Waals surface area (Å²) >= 11 is 0. The molecule has 0 aliphatic carbocycles. The fourth-order valence-corrected chi connectivity index (χ4v) is 8.85. The van der Waals surface area contributed by atoms with Crippen LogP contribution >= 0.6 is 0 Å². The Hall–Kier alpha value is -5.30. The Labute approximate surface area is 384 Å². The fourth-order valence-electron chi connectivity index (χ4n) is 8.85. The molecule has 20 heteroatoms. The second-order valence-corrected chi connectivity index (χ2v) is 19.5. The van der Waals surface area contributed by atoms with Gasteiger partial charge in [-0.1, -0.05) is 41.5 Å². The van der Waals surface area contributed by atoms with Crippen molar-refractivity contribution in [3.05, 3.63) is 0 Å². The molecule has 8 atom stereocenters. The quantitative estimate of drug-likeness (QED) is 0.271. The average molecular weight is 917 g/mol. The molecule has 0 radical (unpaired) electrons. The highest BCUT2D eigenvalue weighted by molar-refractivity contribution is 5.98. The predicted molar refractivity (Wildman–Crippen MR) is 241 cm³/mol. The van der Waals surface area contributed by atoms with Gasteiger partial charge in [-0.05, 0) is 83.5 Å². The van der Waals surface area contributed by atoms with Crippen molar-refractivity contribution in [1.29, 1.82) is 0 Å². The van der Waals surface area contributed by atoms with Crippen LogP contribution in [0.2, 0.25) is 0 Å². The molecule has 0 aromatic carbocycles. The first-order chi connectivity index (χ1) is 30.3. The molecule has 366 valence electrons. The molecule has 3 aliphatic rings. The van der Waals surface area contributed by atoms with Gasteiger partial charge in [0.05, 0.1) is 13.1 Å². The zero-order valence-corrected chi connectivity index (χ0v) is 40.9. The molecule has 4 N–H and O–H groups in total. The summed E-state index contributed by atoms with van der Waals surface area (Å²) in [5.74, 6) is -5.82. The van der Waals surface area contributed by atoms with Crippen molar-refractivity contribution in [2.75, 3.05) is 54.4 Å². The van der Waals surface area contributed by atoms with Crippen LogP contribution in [0.4, 0.5) is 0 Å². The predicted octanol–water partition coefficient (Wildman–Crippen LogP) is -0.310. The van der Waals surface area contributed by atoms with Gasteiger partial charge < -0.3 is 50.7 Å². The minimum absolute atomic E-state index is 0.0528. The average Bonchev–Trinajstić information content (AvgIpc) is 3.92. The summed E-state index contributed by atoms with van der Waals surface area (Å²) in [5.41, 5.74) is 0. The number of amides is 10. The zero-order valence-electron chi connectivity index (χ0n) is 40.9. The van der Waals surface area contributed by atoms with Gasteiger partial charge in [0.15, 0.2) is 0 Å². The van der Waals surface area contributed by atoms with Gasteiger partial charge in [0, 0.05) is 41.3 Å². The van der Waals surface area contributed by atoms with Crippen molar-refractivity contribution >= 4 is 59.1 Å². The lowest BCUT2D eigenvalue weighted by Gasteiger charge is -2.35. The van der Waals surface area contributed by atoms with E-state index in [0.717, 1.165) is 9.80 Å². The van der Waals surface area contributed by atoms with Gasteiger partial charge in [-0.2, -0.15) is 0 Å². The van der Waals surface area contributed by atoms with Gasteiger partial charge in [0.25, 0.3) is 0 Å². The number of carbonyl (C=O) groups is 10. The van der Waals surface area contributed by atoms with Crippen molar-refractivity contribution in [2.45, 2.75) is 156 Å². The molecule has 65 heavy (non-hydrogen) atoms. The number of likely N-dealkylation sites (N-methyl/N-ethyl adjacent to an activating group) is 4. The first kappa shape index (κ1) is 54.0. The Kier molecular flexibility index (Phi) is 19.7. The molecule has 0 aromatic rings. The molecular weight excluding hydrogens is 841 g/mol. The number of rotatable bonds is 6. The SMILES string of the molecule is CC(C)C[C@@H]1NC(=O)CN(C)C(=O)[C@H](C)NC(=O)[C@H](CC(C)C)N(C)C(=O)[C@H]2CCCN2C(=O)[C@H](C)NC(=O)CN(C)C(=O)[C@H](C)NC(=O)[C@H](CC(C)C)N(C)C(=O)[C@H]2CCCN2C1=O. The summed E-state index contributed by atoms with van der Waals surface area (Å²) in [7, 11) is 5.73. The van der Waals surface area contributed by atoms with Crippen molar-refractivity contribution in [3.63, 3.8) is 0 Å². The van der Waals surface area contributed by atoms with E-state index >= 15 is 0 Å². The number of hydrogen-bond donors (Lipinski definition) is 4. The lowest BCUT2D eigenvalue weighted by Crippen LogP contribution is -2.59. The van der Waals surface area contributed by atoms with Crippen LogP contribution in [0.5, 0.6) is 0 Å². The van der Waals surface area contributed by atoms with Crippen LogP contribution in [0, 0.1) is 17.8 Å². The standard InChI is InChI=1S/C45H76N10O10/c1-25(2)20-31-43(63)55-19-15-17-33(55)45(65)53(13)35(22-27(5)6)39(59)47-28(7)40(60)50(10)23-36(56)46-30(9)42(62)54-18-14-16-32(54)44(64)52(12)34(21-26(3)4)38(58)48-29(8)41(61)51(11)24-37(57)49-31/h25-35H,14-24H2,1-13H3,(H,46,56)(H,47,59)(H,48,58)(H,49,57)/t28-,29-,30-,31-,32+,33+,34-,35-/m0/s1. The lowest BCUT2D eigenvalue weighted by molar-refractivity contribution is -0.149. The van der Waals surface area contributed by atoms with Crippen molar-refractivity contribution in [1.82, 2.24) is 50.7 Å². The molecule has 3 fully saturated rings. The highest BCUT2D eigenvalue weighted by Crippen LogP contribution is 2.25. The molecular formula is C45H76N10O10. The topological polar surface area (TPSA) is 238 Å². The molecule has 3 rings (SSSR count). The van der Waals surface area contributed by atoms with E-state index in [-0.39, 0.29) is 50.1 Å². The highest BCUT2D eigenvalue weighted by atomic mass is 16.2. The smallest absolute Gasteiger partial charge is 0.245 e. The number of nitrogens with one attached hydrogen (secondary N) is 4. The maximum atomic E-state index is 14.3. The van der Waals surface area contributed by atoms with Crippen molar-refractivity contribution in [3.8, 4) is 0 Å². The van der Waals surface area contributed by atoms with E-state index in [4.69, 9.17) is 0 Å². The van der Waals surface area contributed by atoms with Crippen LogP contribution in [-0.4, -0.2) is 191 Å². The first-order valence-electron chi connectivity index (χ1n) is 23.1. The highest BCUT2D eigenvalue weighted by Gasteiger charge is 2.43. The second-order valence-electron chi connectivity index (χ2n) is 19.5. The lowest BCUT2D eigenvalue weighted by atomic mass is 10.00. The van der Waals surface area contributed by atoms with Gasteiger partial charge >= 0.3 is 0 Å². The van der Waals surface area contributed by atoms with Crippen LogP contribution < -0.4 is 21.3 Å². The summed E-state index contributed by atoms with van der Waals surface area (Å²) in [6.07, 6.45) is 2.34. The van der Waals surface area contributed by atoms with Crippen LogP contribution in [0.1, 0.15) is 107 Å². The minimum atomic E-state index is -1.12. The van der Waals surface area contributed by atoms with Crippen LogP contribution in [0.15, 0.2) is 0 Å². The molecule has 0 aromatic heterocycles. The fraction of sp³-hybridized carbons (Fsp3) is 0.778. The van der Waals surface area contributed by atoms with E-state index in [1.165, 1.54) is 68.6 Å². The van der Waals surface area contributed by atoms with E-state index in [1.54, 1.807) is 0 Å². The molecule has 10 amide bonds. The Morgan fingerprint density at radius 3 is 1.20 bits per heavy atom. The minimum Gasteiger partial charge on any atom is -0.343 e. The summed E-state index contributed by atoms with van der Waals surface area (Å²) in [6, 6.07) is -8.26. The molecule has 3 saturated heterocycles.